The van der Waals surface area contributed by atoms with Crippen LogP contribution in [-0.2, 0) is 14.8 Å². The minimum atomic E-state index is -3.90. The van der Waals surface area contributed by atoms with Crippen LogP contribution in [-0.4, -0.2) is 66.8 Å². The summed E-state index contributed by atoms with van der Waals surface area (Å²) in [4.78, 5) is 25.8. The maximum Gasteiger partial charge on any atom is 0.352 e. The average Bonchev–Trinajstić information content (AvgIpc) is 2.85. The molecule has 0 bridgehead atoms. The molecule has 0 aliphatic heterocycles. The van der Waals surface area contributed by atoms with Crippen molar-refractivity contribution in [2.45, 2.75) is 11.8 Å². The number of carbonyl (C=O) groups is 2. The number of aromatic nitrogens is 1. The topological polar surface area (TPSA) is 111 Å². The molecule has 0 saturated carbocycles. The fourth-order valence-corrected chi connectivity index (χ4v) is 2.85. The number of carboxylic acid groups (broad SMARTS) is 1. The van der Waals surface area contributed by atoms with Crippen LogP contribution in [0.15, 0.2) is 17.2 Å². The molecular formula is C11H17N3O5S. The first-order valence-corrected chi connectivity index (χ1v) is 7.26. The van der Waals surface area contributed by atoms with Gasteiger partial charge < -0.3 is 15.0 Å². The van der Waals surface area contributed by atoms with E-state index in [4.69, 9.17) is 5.11 Å². The Labute approximate surface area is 117 Å². The molecule has 0 spiro atoms. The van der Waals surface area contributed by atoms with E-state index >= 15 is 0 Å². The molecule has 1 aromatic rings. The van der Waals surface area contributed by atoms with Gasteiger partial charge in [-0.3, -0.25) is 4.79 Å². The maximum atomic E-state index is 12.3. The molecule has 8 nitrogen and oxygen atoms in total. The standard InChI is InChI=1S/C11H17N3O5S/c1-4-14(7-10(15)13(2)3)20(18,19)8-5-9(11(16)17)12-6-8/h5-6,12H,4,7H2,1-3H3,(H,16,17). The fourth-order valence-electron chi connectivity index (χ4n) is 1.45. The van der Waals surface area contributed by atoms with E-state index in [-0.39, 0.29) is 29.6 Å². The van der Waals surface area contributed by atoms with Crippen LogP contribution in [0.1, 0.15) is 17.4 Å². The molecule has 0 atom stereocenters. The van der Waals surface area contributed by atoms with Crippen LogP contribution in [0, 0.1) is 0 Å². The van der Waals surface area contributed by atoms with Gasteiger partial charge in [0, 0.05) is 26.8 Å². The molecule has 0 fully saturated rings. The molecule has 20 heavy (non-hydrogen) atoms. The van der Waals surface area contributed by atoms with E-state index in [9.17, 15) is 18.0 Å². The Bertz CT molecular complexity index is 605. The number of likely N-dealkylation sites (N-methyl/N-ethyl adjacent to an activating group) is 2. The van der Waals surface area contributed by atoms with Crippen LogP contribution in [0.2, 0.25) is 0 Å². The summed E-state index contributed by atoms with van der Waals surface area (Å²) in [7, 11) is -0.842. The summed E-state index contributed by atoms with van der Waals surface area (Å²) in [6.07, 6.45) is 1.10. The van der Waals surface area contributed by atoms with Gasteiger partial charge in [-0.2, -0.15) is 4.31 Å². The van der Waals surface area contributed by atoms with Crippen LogP contribution < -0.4 is 0 Å². The second kappa shape index (κ2) is 6.06. The number of hydrogen-bond donors (Lipinski definition) is 2. The van der Waals surface area contributed by atoms with Gasteiger partial charge in [-0.25, -0.2) is 13.2 Å². The molecule has 1 aromatic heterocycles. The molecular weight excluding hydrogens is 286 g/mol. The lowest BCUT2D eigenvalue weighted by atomic mass is 10.4. The Kier molecular flexibility index (Phi) is 4.90. The zero-order chi connectivity index (χ0) is 15.5. The van der Waals surface area contributed by atoms with Crippen molar-refractivity contribution in [3.05, 3.63) is 18.0 Å². The van der Waals surface area contributed by atoms with E-state index in [2.05, 4.69) is 4.98 Å². The largest absolute Gasteiger partial charge is 0.477 e. The Morgan fingerprint density at radius 3 is 2.35 bits per heavy atom. The Morgan fingerprint density at radius 1 is 1.35 bits per heavy atom. The van der Waals surface area contributed by atoms with Gasteiger partial charge in [0.25, 0.3) is 0 Å². The number of H-pyrrole nitrogens is 1. The summed E-state index contributed by atoms with van der Waals surface area (Å²) in [5, 5.41) is 8.78. The van der Waals surface area contributed by atoms with Crippen molar-refractivity contribution in [3.63, 3.8) is 0 Å². The van der Waals surface area contributed by atoms with Crippen LogP contribution in [0.5, 0.6) is 0 Å². The summed E-state index contributed by atoms with van der Waals surface area (Å²) in [5.41, 5.74) is -0.224. The van der Waals surface area contributed by atoms with E-state index in [1.807, 2.05) is 0 Å². The van der Waals surface area contributed by atoms with E-state index in [0.29, 0.717) is 0 Å². The first-order chi connectivity index (χ1) is 9.20. The number of sulfonamides is 1. The summed E-state index contributed by atoms with van der Waals surface area (Å²) in [6.45, 7) is 1.42. The highest BCUT2D eigenvalue weighted by molar-refractivity contribution is 7.89. The highest BCUT2D eigenvalue weighted by Crippen LogP contribution is 2.16. The highest BCUT2D eigenvalue weighted by atomic mass is 32.2. The number of nitrogens with zero attached hydrogens (tertiary/aromatic N) is 2. The second-order valence-electron chi connectivity index (χ2n) is 4.27. The number of hydrogen-bond acceptors (Lipinski definition) is 4. The first-order valence-electron chi connectivity index (χ1n) is 5.82. The van der Waals surface area contributed by atoms with Crippen molar-refractivity contribution < 1.29 is 23.1 Å². The van der Waals surface area contributed by atoms with Gasteiger partial charge in [-0.15, -0.1) is 0 Å². The van der Waals surface area contributed by atoms with Gasteiger partial charge in [0.1, 0.15) is 10.6 Å². The predicted molar refractivity (Wildman–Crippen MR) is 70.9 cm³/mol. The zero-order valence-electron chi connectivity index (χ0n) is 11.5. The normalized spacial score (nSPS) is 11.6. The van der Waals surface area contributed by atoms with Crippen LogP contribution in [0.25, 0.3) is 0 Å². The van der Waals surface area contributed by atoms with Gasteiger partial charge in [0.05, 0.1) is 6.54 Å². The Hall–Kier alpha value is -1.87. The molecule has 112 valence electrons. The molecule has 0 saturated heterocycles. The number of amides is 1. The third-order valence-corrected chi connectivity index (χ3v) is 4.59. The molecule has 0 aromatic carbocycles. The fraction of sp³-hybridized carbons (Fsp3) is 0.455. The highest BCUT2D eigenvalue weighted by Gasteiger charge is 2.27. The lowest BCUT2D eigenvalue weighted by Gasteiger charge is -2.21. The smallest absolute Gasteiger partial charge is 0.352 e. The second-order valence-corrected chi connectivity index (χ2v) is 6.21. The number of aromatic amines is 1. The maximum absolute atomic E-state index is 12.3. The summed E-state index contributed by atoms with van der Waals surface area (Å²) < 4.78 is 25.6. The van der Waals surface area contributed by atoms with E-state index < -0.39 is 16.0 Å². The summed E-state index contributed by atoms with van der Waals surface area (Å²) in [6, 6.07) is 1.03. The molecule has 0 aliphatic carbocycles. The molecule has 9 heteroatoms. The third-order valence-electron chi connectivity index (χ3n) is 2.69. The number of nitrogens with one attached hydrogen (secondary N) is 1. The molecule has 0 unspecified atom stereocenters. The number of rotatable bonds is 6. The van der Waals surface area contributed by atoms with Crippen LogP contribution in [0.3, 0.4) is 0 Å². The third kappa shape index (κ3) is 3.36. The molecule has 1 heterocycles. The number of aromatic carboxylic acids is 1. The summed E-state index contributed by atoms with van der Waals surface area (Å²) >= 11 is 0. The van der Waals surface area contributed by atoms with Crippen molar-refractivity contribution in [1.82, 2.24) is 14.2 Å². The van der Waals surface area contributed by atoms with Crippen molar-refractivity contribution in [2.75, 3.05) is 27.2 Å². The minimum absolute atomic E-state index is 0.107. The van der Waals surface area contributed by atoms with Crippen molar-refractivity contribution >= 4 is 21.9 Å². The molecule has 0 aliphatic rings. The summed E-state index contributed by atoms with van der Waals surface area (Å²) in [5.74, 6) is -1.61. The van der Waals surface area contributed by atoms with Crippen molar-refractivity contribution in [3.8, 4) is 0 Å². The van der Waals surface area contributed by atoms with Gasteiger partial charge >= 0.3 is 5.97 Å². The molecule has 1 rings (SSSR count). The lowest BCUT2D eigenvalue weighted by molar-refractivity contribution is -0.128. The predicted octanol–water partition coefficient (Wildman–Crippen LogP) is -0.188. The molecule has 1 amide bonds. The van der Waals surface area contributed by atoms with Gasteiger partial charge in [-0.05, 0) is 6.07 Å². The van der Waals surface area contributed by atoms with E-state index in [1.54, 1.807) is 6.92 Å². The van der Waals surface area contributed by atoms with Crippen LogP contribution in [0.4, 0.5) is 0 Å². The molecule has 2 N–H and O–H groups in total. The minimum Gasteiger partial charge on any atom is -0.477 e. The first kappa shape index (κ1) is 16.2. The van der Waals surface area contributed by atoms with Gasteiger partial charge in [-0.1, -0.05) is 6.92 Å². The van der Waals surface area contributed by atoms with Gasteiger partial charge in [0.2, 0.25) is 15.9 Å². The molecule has 0 radical (unpaired) electrons. The van der Waals surface area contributed by atoms with E-state index in [0.717, 1.165) is 16.6 Å². The Morgan fingerprint density at radius 2 is 1.95 bits per heavy atom. The lowest BCUT2D eigenvalue weighted by Crippen LogP contribution is -2.40. The van der Waals surface area contributed by atoms with E-state index in [1.165, 1.54) is 19.0 Å². The zero-order valence-corrected chi connectivity index (χ0v) is 12.3. The van der Waals surface area contributed by atoms with Crippen molar-refractivity contribution in [1.29, 1.82) is 0 Å². The van der Waals surface area contributed by atoms with Gasteiger partial charge in [0.15, 0.2) is 0 Å². The number of carbonyl (C=O) groups excluding carboxylic acids is 1. The number of carboxylic acids is 1. The monoisotopic (exact) mass is 303 g/mol. The quantitative estimate of drug-likeness (QED) is 0.757. The Balaban J connectivity index is 3.05. The van der Waals surface area contributed by atoms with Crippen molar-refractivity contribution in [2.24, 2.45) is 0 Å². The SMILES string of the molecule is CCN(CC(=O)N(C)C)S(=O)(=O)c1c[nH]c(C(=O)O)c1. The van der Waals surface area contributed by atoms with Crippen LogP contribution >= 0.6 is 0 Å². The average molecular weight is 303 g/mol.